The van der Waals surface area contributed by atoms with E-state index < -0.39 is 5.97 Å². The minimum Gasteiger partial charge on any atom is -0.481 e. The number of thioether (sulfide) groups is 1. The highest BCUT2D eigenvalue weighted by molar-refractivity contribution is 8.02. The molecule has 23 heavy (non-hydrogen) atoms. The Morgan fingerprint density at radius 2 is 1.78 bits per heavy atom. The van der Waals surface area contributed by atoms with Gasteiger partial charge in [-0.1, -0.05) is 42.1 Å². The molecule has 9 heteroatoms. The number of hydrogen-bond donors (Lipinski definition) is 5. The van der Waals surface area contributed by atoms with Crippen LogP contribution < -0.4 is 17.2 Å². The van der Waals surface area contributed by atoms with Gasteiger partial charge in [0.05, 0.1) is 6.42 Å². The first-order valence-electron chi connectivity index (χ1n) is 6.46. The van der Waals surface area contributed by atoms with Gasteiger partial charge in [-0.05, 0) is 11.0 Å². The maximum absolute atomic E-state index is 11.8. The minimum atomic E-state index is -0.833. The molecular formula is C14H21N5O3S. The summed E-state index contributed by atoms with van der Waals surface area (Å²) in [4.78, 5) is 22.4. The number of benzene rings is 1. The van der Waals surface area contributed by atoms with Gasteiger partial charge in [0.25, 0.3) is 5.97 Å². The number of guanidine groups is 1. The lowest BCUT2D eigenvalue weighted by Crippen LogP contribution is -2.38. The summed E-state index contributed by atoms with van der Waals surface area (Å²) in [6, 6.07) is 9.67. The van der Waals surface area contributed by atoms with Gasteiger partial charge in [0.15, 0.2) is 5.96 Å². The van der Waals surface area contributed by atoms with Gasteiger partial charge in [-0.2, -0.15) is 0 Å². The molecule has 126 valence electrons. The van der Waals surface area contributed by atoms with E-state index in [0.29, 0.717) is 6.42 Å². The third kappa shape index (κ3) is 10.8. The fourth-order valence-electron chi connectivity index (χ4n) is 1.42. The van der Waals surface area contributed by atoms with Crippen molar-refractivity contribution in [3.05, 3.63) is 47.5 Å². The third-order valence-electron chi connectivity index (χ3n) is 2.20. The summed E-state index contributed by atoms with van der Waals surface area (Å²) in [5.41, 5.74) is 15.4. The van der Waals surface area contributed by atoms with Gasteiger partial charge >= 0.3 is 0 Å². The largest absolute Gasteiger partial charge is 0.481 e. The van der Waals surface area contributed by atoms with E-state index in [4.69, 9.17) is 21.0 Å². The molecule has 1 aliphatic rings. The normalized spacial score (nSPS) is 14.9. The molecule has 0 radical (unpaired) electrons. The summed E-state index contributed by atoms with van der Waals surface area (Å²) in [6.45, 7) is 1.08. The Morgan fingerprint density at radius 3 is 2.17 bits per heavy atom. The second kappa shape index (κ2) is 11.1. The van der Waals surface area contributed by atoms with Crippen LogP contribution in [0.1, 0.15) is 12.5 Å². The predicted octanol–water partition coefficient (Wildman–Crippen LogP) is 0.447. The lowest BCUT2D eigenvalue weighted by molar-refractivity contribution is -0.134. The third-order valence-corrected chi connectivity index (χ3v) is 2.98. The molecule has 1 aromatic carbocycles. The summed E-state index contributed by atoms with van der Waals surface area (Å²) < 4.78 is 0. The van der Waals surface area contributed by atoms with Crippen molar-refractivity contribution >= 4 is 29.6 Å². The molecule has 0 bridgehead atoms. The van der Waals surface area contributed by atoms with Crippen LogP contribution in [-0.4, -0.2) is 33.3 Å². The minimum absolute atomic E-state index is 0.0370. The molecule has 0 aromatic heterocycles. The standard InChI is InChI=1S/C11H12N2OS.C2H4O2.CH5N3/c12-11-13(6-7-15-11)10(14)8-9-4-2-1-3-5-9;1-2(3)4;2-1(3)4/h1-7,11H,8,12H2;1H3,(H,3,4);(H5,2,3,4). The summed E-state index contributed by atoms with van der Waals surface area (Å²) in [6.07, 6.45) is 2.14. The van der Waals surface area contributed by atoms with Crippen LogP contribution in [0.25, 0.3) is 0 Å². The summed E-state index contributed by atoms with van der Waals surface area (Å²) in [5.74, 6) is -1.13. The van der Waals surface area contributed by atoms with Crippen molar-refractivity contribution in [3.63, 3.8) is 0 Å². The molecule has 1 unspecified atom stereocenters. The number of amides is 1. The molecule has 8 N–H and O–H groups in total. The molecule has 1 aliphatic heterocycles. The molecule has 2 rings (SSSR count). The van der Waals surface area contributed by atoms with Crippen molar-refractivity contribution in [3.8, 4) is 0 Å². The summed E-state index contributed by atoms with van der Waals surface area (Å²) in [7, 11) is 0. The topological polar surface area (TPSA) is 160 Å². The van der Waals surface area contributed by atoms with Crippen LogP contribution in [0, 0.1) is 5.41 Å². The zero-order valence-electron chi connectivity index (χ0n) is 12.7. The Kier molecular flexibility index (Phi) is 9.88. The van der Waals surface area contributed by atoms with Crippen LogP contribution in [0.4, 0.5) is 0 Å². The Labute approximate surface area is 138 Å². The van der Waals surface area contributed by atoms with Gasteiger partial charge in [-0.15, -0.1) is 0 Å². The average molecular weight is 339 g/mol. The number of carboxylic acids is 1. The van der Waals surface area contributed by atoms with Gasteiger partial charge in [-0.25, -0.2) is 0 Å². The smallest absolute Gasteiger partial charge is 0.300 e. The van der Waals surface area contributed by atoms with Crippen LogP contribution in [0.15, 0.2) is 41.9 Å². The maximum atomic E-state index is 11.8. The van der Waals surface area contributed by atoms with Gasteiger partial charge in [0, 0.05) is 13.1 Å². The molecule has 1 heterocycles. The van der Waals surface area contributed by atoms with Crippen molar-refractivity contribution < 1.29 is 14.7 Å². The molecule has 1 atom stereocenters. The predicted molar refractivity (Wildman–Crippen MR) is 91.1 cm³/mol. The monoisotopic (exact) mass is 339 g/mol. The van der Waals surface area contributed by atoms with E-state index in [9.17, 15) is 4.79 Å². The van der Waals surface area contributed by atoms with Crippen LogP contribution in [0.5, 0.6) is 0 Å². The SMILES string of the molecule is CC(=O)O.N=C(N)N.NC1SC=CN1C(=O)Cc1ccccc1. The first kappa shape index (κ1) is 20.5. The molecule has 1 aromatic rings. The maximum Gasteiger partial charge on any atom is 0.300 e. The molecule has 1 amide bonds. The van der Waals surface area contributed by atoms with Gasteiger partial charge in [-0.3, -0.25) is 19.9 Å². The van der Waals surface area contributed by atoms with E-state index in [2.05, 4.69) is 11.5 Å². The number of carbonyl (C=O) groups is 2. The number of carboxylic acid groups (broad SMARTS) is 1. The second-order valence-electron chi connectivity index (χ2n) is 4.25. The Morgan fingerprint density at radius 1 is 1.30 bits per heavy atom. The van der Waals surface area contributed by atoms with E-state index in [1.807, 2.05) is 35.7 Å². The molecule has 0 aliphatic carbocycles. The van der Waals surface area contributed by atoms with Gasteiger partial charge in [0.1, 0.15) is 5.50 Å². The Hall–Kier alpha value is -2.52. The molecule has 0 saturated heterocycles. The summed E-state index contributed by atoms with van der Waals surface area (Å²) >= 11 is 1.45. The number of nitrogens with zero attached hydrogens (tertiary/aromatic N) is 1. The first-order chi connectivity index (χ1) is 10.7. The number of hydrogen-bond acceptors (Lipinski definition) is 5. The van der Waals surface area contributed by atoms with E-state index >= 15 is 0 Å². The second-order valence-corrected chi connectivity index (χ2v) is 5.28. The van der Waals surface area contributed by atoms with E-state index in [1.54, 1.807) is 11.1 Å². The fraction of sp³-hybridized carbons (Fsp3) is 0.214. The number of rotatable bonds is 2. The summed E-state index contributed by atoms with van der Waals surface area (Å²) in [5, 5.41) is 15.3. The van der Waals surface area contributed by atoms with Crippen molar-refractivity contribution in [2.45, 2.75) is 18.8 Å². The van der Waals surface area contributed by atoms with Crippen molar-refractivity contribution in [1.29, 1.82) is 5.41 Å². The van der Waals surface area contributed by atoms with Crippen molar-refractivity contribution in [2.24, 2.45) is 17.2 Å². The van der Waals surface area contributed by atoms with Crippen LogP contribution >= 0.6 is 11.8 Å². The molecule has 0 fully saturated rings. The van der Waals surface area contributed by atoms with Crippen LogP contribution in [0.3, 0.4) is 0 Å². The quantitative estimate of drug-likeness (QED) is 0.386. The van der Waals surface area contributed by atoms with E-state index in [-0.39, 0.29) is 17.4 Å². The highest BCUT2D eigenvalue weighted by Crippen LogP contribution is 2.21. The number of nitrogens with two attached hydrogens (primary N) is 3. The molecule has 0 saturated carbocycles. The zero-order chi connectivity index (χ0) is 17.8. The Bertz CT molecular complexity index is 531. The van der Waals surface area contributed by atoms with Gasteiger partial charge < -0.3 is 22.3 Å². The lowest BCUT2D eigenvalue weighted by atomic mass is 10.1. The van der Waals surface area contributed by atoms with Gasteiger partial charge in [0.2, 0.25) is 5.91 Å². The van der Waals surface area contributed by atoms with E-state index in [1.165, 1.54) is 11.8 Å². The average Bonchev–Trinajstić information content (AvgIpc) is 2.85. The highest BCUT2D eigenvalue weighted by atomic mass is 32.2. The number of aliphatic carboxylic acids is 1. The van der Waals surface area contributed by atoms with Crippen LogP contribution in [0.2, 0.25) is 0 Å². The Balaban J connectivity index is 0.000000509. The molecule has 8 nitrogen and oxygen atoms in total. The first-order valence-corrected chi connectivity index (χ1v) is 7.40. The highest BCUT2D eigenvalue weighted by Gasteiger charge is 2.21. The lowest BCUT2D eigenvalue weighted by Gasteiger charge is -2.18. The van der Waals surface area contributed by atoms with Crippen LogP contribution in [-0.2, 0) is 16.0 Å². The van der Waals surface area contributed by atoms with Crippen molar-refractivity contribution in [1.82, 2.24) is 4.90 Å². The molecule has 0 spiro atoms. The van der Waals surface area contributed by atoms with E-state index in [0.717, 1.165) is 12.5 Å². The molecular weight excluding hydrogens is 318 g/mol. The number of carbonyl (C=O) groups excluding carboxylic acids is 1. The number of nitrogens with one attached hydrogen (secondary N) is 1. The van der Waals surface area contributed by atoms with Crippen molar-refractivity contribution in [2.75, 3.05) is 0 Å². The zero-order valence-corrected chi connectivity index (χ0v) is 13.5. The fourth-order valence-corrected chi connectivity index (χ4v) is 2.10.